The number of carbonyl (C=O) groups excluding carboxylic acids is 1. The van der Waals surface area contributed by atoms with Gasteiger partial charge in [-0.2, -0.15) is 0 Å². The number of rotatable bonds is 6. The summed E-state index contributed by atoms with van der Waals surface area (Å²) in [6.45, 7) is 2.01. The van der Waals surface area contributed by atoms with E-state index in [1.54, 1.807) is 18.6 Å². The van der Waals surface area contributed by atoms with Crippen molar-refractivity contribution in [2.45, 2.75) is 19.4 Å². The average Bonchev–Trinajstić information content (AvgIpc) is 3.39. The fourth-order valence-corrected chi connectivity index (χ4v) is 4.14. The van der Waals surface area contributed by atoms with E-state index in [1.807, 2.05) is 65.4 Å². The zero-order valence-corrected chi connectivity index (χ0v) is 18.2. The molecule has 4 heterocycles. The van der Waals surface area contributed by atoms with Crippen molar-refractivity contribution in [3.05, 3.63) is 84.9 Å². The number of nitrogens with zero attached hydrogens (tertiary/aromatic N) is 6. The summed E-state index contributed by atoms with van der Waals surface area (Å²) < 4.78 is 1.93. The molecule has 0 aliphatic carbocycles. The molecule has 1 aromatic carbocycles. The molecule has 1 unspecified atom stereocenters. The van der Waals surface area contributed by atoms with Gasteiger partial charge >= 0.3 is 0 Å². The molecular formula is C25H25N7O. The first-order chi connectivity index (χ1) is 16.3. The number of imidazole rings is 1. The number of nitrogens with one attached hydrogen (secondary N) is 1. The molecule has 1 aliphatic heterocycles. The van der Waals surface area contributed by atoms with Crippen LogP contribution in [0.3, 0.4) is 0 Å². The Morgan fingerprint density at radius 2 is 1.76 bits per heavy atom. The molecule has 1 fully saturated rings. The van der Waals surface area contributed by atoms with Gasteiger partial charge in [-0.05, 0) is 42.7 Å². The molecule has 1 atom stereocenters. The summed E-state index contributed by atoms with van der Waals surface area (Å²) in [4.78, 5) is 23.4. The van der Waals surface area contributed by atoms with Gasteiger partial charge in [-0.15, -0.1) is 10.2 Å². The van der Waals surface area contributed by atoms with E-state index in [9.17, 15) is 4.79 Å². The number of anilines is 1. The third-order valence-corrected chi connectivity index (χ3v) is 5.89. The van der Waals surface area contributed by atoms with Crippen molar-refractivity contribution in [3.8, 4) is 17.2 Å². The Kier molecular flexibility index (Phi) is 6.06. The van der Waals surface area contributed by atoms with Crippen molar-refractivity contribution in [1.29, 1.82) is 0 Å². The smallest absolute Gasteiger partial charge is 0.225 e. The van der Waals surface area contributed by atoms with Crippen LogP contribution in [0.2, 0.25) is 0 Å². The standard InChI is InChI=1S/C25H25N7O/c33-25(28-17-19-10-12-26-13-11-19)21-7-4-15-31(18-21)22-8-9-23(30-29-22)32-16-14-27-24(32)20-5-2-1-3-6-20/h1-3,5-6,8-14,16,21H,4,7,15,17-18H2,(H,28,33). The Morgan fingerprint density at radius 3 is 2.55 bits per heavy atom. The average molecular weight is 440 g/mol. The highest BCUT2D eigenvalue weighted by Gasteiger charge is 2.26. The van der Waals surface area contributed by atoms with E-state index in [0.29, 0.717) is 18.9 Å². The first kappa shape index (κ1) is 20.8. The lowest BCUT2D eigenvalue weighted by Gasteiger charge is -2.32. The number of piperidine rings is 1. The van der Waals surface area contributed by atoms with Gasteiger partial charge in [0.2, 0.25) is 5.91 Å². The normalized spacial score (nSPS) is 15.9. The maximum absolute atomic E-state index is 12.7. The lowest BCUT2D eigenvalue weighted by molar-refractivity contribution is -0.125. The molecule has 1 saturated heterocycles. The van der Waals surface area contributed by atoms with Crippen molar-refractivity contribution in [2.24, 2.45) is 5.92 Å². The minimum absolute atomic E-state index is 0.0691. The number of carbonyl (C=O) groups is 1. The zero-order chi connectivity index (χ0) is 22.5. The third kappa shape index (κ3) is 4.74. The van der Waals surface area contributed by atoms with E-state index >= 15 is 0 Å². The van der Waals surface area contributed by atoms with Crippen LogP contribution in [0.25, 0.3) is 17.2 Å². The van der Waals surface area contributed by atoms with Gasteiger partial charge in [-0.1, -0.05) is 30.3 Å². The summed E-state index contributed by atoms with van der Waals surface area (Å²) in [6.07, 6.45) is 8.93. The second kappa shape index (κ2) is 9.60. The second-order valence-electron chi connectivity index (χ2n) is 8.10. The number of aromatic nitrogens is 5. The summed E-state index contributed by atoms with van der Waals surface area (Å²) in [5.41, 5.74) is 2.06. The van der Waals surface area contributed by atoms with Crippen molar-refractivity contribution >= 4 is 11.7 Å². The van der Waals surface area contributed by atoms with Crippen LogP contribution in [-0.4, -0.2) is 43.7 Å². The molecule has 33 heavy (non-hydrogen) atoms. The molecule has 8 nitrogen and oxygen atoms in total. The predicted octanol–water partition coefficient (Wildman–Crippen LogP) is 3.26. The van der Waals surface area contributed by atoms with Gasteiger partial charge in [-0.3, -0.25) is 14.3 Å². The van der Waals surface area contributed by atoms with E-state index in [0.717, 1.165) is 42.2 Å². The fourth-order valence-electron chi connectivity index (χ4n) is 4.14. The number of amides is 1. The Labute approximate surface area is 192 Å². The molecule has 0 spiro atoms. The maximum atomic E-state index is 12.7. The summed E-state index contributed by atoms with van der Waals surface area (Å²) in [5.74, 6) is 2.32. The van der Waals surface area contributed by atoms with Crippen LogP contribution in [0.4, 0.5) is 5.82 Å². The van der Waals surface area contributed by atoms with E-state index in [1.165, 1.54) is 0 Å². The van der Waals surface area contributed by atoms with Gasteiger partial charge in [-0.25, -0.2) is 4.98 Å². The molecule has 0 radical (unpaired) electrons. The van der Waals surface area contributed by atoms with Crippen molar-refractivity contribution in [3.63, 3.8) is 0 Å². The van der Waals surface area contributed by atoms with Gasteiger partial charge in [0.05, 0.1) is 5.92 Å². The van der Waals surface area contributed by atoms with Gasteiger partial charge in [0, 0.05) is 50.0 Å². The molecular weight excluding hydrogens is 414 g/mol. The highest BCUT2D eigenvalue weighted by atomic mass is 16.1. The third-order valence-electron chi connectivity index (χ3n) is 5.89. The maximum Gasteiger partial charge on any atom is 0.225 e. The minimum atomic E-state index is -0.0691. The van der Waals surface area contributed by atoms with Crippen molar-refractivity contribution in [1.82, 2.24) is 30.0 Å². The van der Waals surface area contributed by atoms with E-state index in [4.69, 9.17) is 0 Å². The predicted molar refractivity (Wildman–Crippen MR) is 126 cm³/mol. The van der Waals surface area contributed by atoms with Crippen molar-refractivity contribution < 1.29 is 4.79 Å². The molecule has 0 bridgehead atoms. The van der Waals surface area contributed by atoms with Gasteiger partial charge in [0.15, 0.2) is 11.6 Å². The Morgan fingerprint density at radius 1 is 0.970 bits per heavy atom. The lowest BCUT2D eigenvalue weighted by atomic mass is 9.97. The molecule has 3 aromatic heterocycles. The van der Waals surface area contributed by atoms with Crippen LogP contribution < -0.4 is 10.2 Å². The second-order valence-corrected chi connectivity index (χ2v) is 8.10. The largest absolute Gasteiger partial charge is 0.354 e. The van der Waals surface area contributed by atoms with Gasteiger partial charge in [0.25, 0.3) is 0 Å². The van der Waals surface area contributed by atoms with Crippen LogP contribution in [0, 0.1) is 5.92 Å². The number of hydrogen-bond acceptors (Lipinski definition) is 6. The fraction of sp³-hybridized carbons (Fsp3) is 0.240. The highest BCUT2D eigenvalue weighted by molar-refractivity contribution is 5.79. The zero-order valence-electron chi connectivity index (χ0n) is 18.2. The summed E-state index contributed by atoms with van der Waals surface area (Å²) in [7, 11) is 0. The molecule has 1 N–H and O–H groups in total. The molecule has 1 amide bonds. The summed E-state index contributed by atoms with van der Waals surface area (Å²) in [5, 5.41) is 12.0. The SMILES string of the molecule is O=C(NCc1ccncc1)C1CCCN(c2ccc(-n3ccnc3-c3ccccc3)nn2)C1. The molecule has 8 heteroatoms. The van der Waals surface area contributed by atoms with E-state index in [2.05, 4.69) is 30.4 Å². The summed E-state index contributed by atoms with van der Waals surface area (Å²) >= 11 is 0. The van der Waals surface area contributed by atoms with Crippen LogP contribution in [-0.2, 0) is 11.3 Å². The molecule has 0 saturated carbocycles. The van der Waals surface area contributed by atoms with E-state index in [-0.39, 0.29) is 11.8 Å². The minimum Gasteiger partial charge on any atom is -0.354 e. The Hall–Kier alpha value is -4.07. The summed E-state index contributed by atoms with van der Waals surface area (Å²) in [6, 6.07) is 17.7. The monoisotopic (exact) mass is 439 g/mol. The Balaban J connectivity index is 1.25. The van der Waals surface area contributed by atoms with Crippen LogP contribution in [0.1, 0.15) is 18.4 Å². The molecule has 5 rings (SSSR count). The van der Waals surface area contributed by atoms with Crippen LogP contribution in [0.15, 0.2) is 79.4 Å². The lowest BCUT2D eigenvalue weighted by Crippen LogP contribution is -2.43. The molecule has 166 valence electrons. The van der Waals surface area contributed by atoms with Gasteiger partial charge in [0.1, 0.15) is 5.82 Å². The van der Waals surface area contributed by atoms with E-state index < -0.39 is 0 Å². The first-order valence-electron chi connectivity index (χ1n) is 11.1. The number of benzene rings is 1. The quantitative estimate of drug-likeness (QED) is 0.496. The van der Waals surface area contributed by atoms with Gasteiger partial charge < -0.3 is 10.2 Å². The highest BCUT2D eigenvalue weighted by Crippen LogP contribution is 2.24. The molecule has 4 aromatic rings. The number of hydrogen-bond donors (Lipinski definition) is 1. The van der Waals surface area contributed by atoms with Crippen LogP contribution in [0.5, 0.6) is 0 Å². The van der Waals surface area contributed by atoms with Crippen molar-refractivity contribution in [2.75, 3.05) is 18.0 Å². The first-order valence-corrected chi connectivity index (χ1v) is 11.1. The van der Waals surface area contributed by atoms with Crippen LogP contribution >= 0.6 is 0 Å². The molecule has 1 aliphatic rings. The topological polar surface area (TPSA) is 88.8 Å². The number of pyridine rings is 1. The Bertz CT molecular complexity index is 1190.